The number of rotatable bonds is 11. The molecular weight excluding hydrogens is 661 g/mol. The number of aryl methyl sites for hydroxylation is 1. The van der Waals surface area contributed by atoms with Gasteiger partial charge in [0.1, 0.15) is 28.4 Å². The van der Waals surface area contributed by atoms with Gasteiger partial charge >= 0.3 is 29.6 Å². The van der Waals surface area contributed by atoms with E-state index in [1.54, 1.807) is 45.0 Å². The average molecular weight is 698 g/mol. The number of carbonyl (C=O) groups is 3. The minimum absolute atomic E-state index is 0. The molecule has 1 aromatic heterocycles. The third kappa shape index (κ3) is 8.70. The summed E-state index contributed by atoms with van der Waals surface area (Å²) in [4.78, 5) is 38.3. The normalized spacial score (nSPS) is 18.9. The molecule has 3 N–H and O–H groups in total. The molecule has 13 heteroatoms. The molecule has 2 aliphatic rings. The number of benzene rings is 3. The van der Waals surface area contributed by atoms with Gasteiger partial charge < -0.3 is 35.3 Å². The van der Waals surface area contributed by atoms with Gasteiger partial charge in [-0.15, -0.1) is 11.8 Å². The van der Waals surface area contributed by atoms with Crippen LogP contribution in [0.25, 0.3) is 11.3 Å². The van der Waals surface area contributed by atoms with Crippen molar-refractivity contribution in [3.05, 3.63) is 112 Å². The van der Waals surface area contributed by atoms with E-state index in [2.05, 4.69) is 69.6 Å². The summed E-state index contributed by atoms with van der Waals surface area (Å²) in [5.41, 5.74) is 3.66. The number of nitrogens with one attached hydrogen (secondary N) is 3. The summed E-state index contributed by atoms with van der Waals surface area (Å²) in [6.45, 7) is 8.92. The second kappa shape index (κ2) is 17.0. The zero-order valence-corrected chi connectivity index (χ0v) is 30.9. The first-order chi connectivity index (χ1) is 22.6. The number of carbonyl (C=O) groups excluding carboxylic acids is 3. The Morgan fingerprint density at radius 1 is 0.938 bits per heavy atom. The average Bonchev–Trinajstić information content (AvgIpc) is 3.57. The summed E-state index contributed by atoms with van der Waals surface area (Å²) in [7, 11) is 0. The Morgan fingerprint density at radius 3 is 2.02 bits per heavy atom. The fourth-order valence-electron chi connectivity index (χ4n) is 5.65. The van der Waals surface area contributed by atoms with Crippen LogP contribution in [-0.2, 0) is 22.7 Å². The van der Waals surface area contributed by atoms with E-state index in [-0.39, 0.29) is 46.6 Å². The number of halogens is 1. The molecule has 0 unspecified atom stereocenters. The van der Waals surface area contributed by atoms with Crippen molar-refractivity contribution in [1.82, 2.24) is 26.0 Å². The molecule has 0 spiro atoms. The first kappa shape index (κ1) is 37.7. The van der Waals surface area contributed by atoms with E-state index >= 15 is 0 Å². The number of aliphatic carboxylic acids is 1. The Balaban J connectivity index is 0.000000236. The molecule has 2 amide bonds. The van der Waals surface area contributed by atoms with Crippen LogP contribution < -0.4 is 50.6 Å². The van der Waals surface area contributed by atoms with Gasteiger partial charge in [-0.05, 0) is 38.0 Å². The minimum Gasteiger partial charge on any atom is -0.548 e. The summed E-state index contributed by atoms with van der Waals surface area (Å²) < 4.78 is 4.47. The fraction of sp³-hybridized carbons (Fsp3) is 0.314. The predicted molar refractivity (Wildman–Crippen MR) is 180 cm³/mol. The quantitative estimate of drug-likeness (QED) is 0.118. The van der Waals surface area contributed by atoms with Crippen molar-refractivity contribution in [3.8, 4) is 11.3 Å². The van der Waals surface area contributed by atoms with E-state index in [1.165, 1.54) is 27.8 Å². The number of amides is 2. The number of carboxylic acid groups (broad SMARTS) is 1. The topological polar surface area (TPSA) is 140 Å². The van der Waals surface area contributed by atoms with Crippen molar-refractivity contribution in [2.75, 3.05) is 13.1 Å². The van der Waals surface area contributed by atoms with Crippen LogP contribution in [0, 0.1) is 6.92 Å². The second-order valence-corrected chi connectivity index (χ2v) is 14.0. The largest absolute Gasteiger partial charge is 1.00 e. The number of β-lactam (4-membered cyclic amide) rings is 1. The van der Waals surface area contributed by atoms with Gasteiger partial charge in [-0.3, -0.25) is 9.59 Å². The van der Waals surface area contributed by atoms with Crippen molar-refractivity contribution in [3.63, 3.8) is 0 Å². The molecule has 2 aliphatic heterocycles. The molecule has 0 saturated carbocycles. The molecule has 2 saturated heterocycles. The predicted octanol–water partition coefficient (Wildman–Crippen LogP) is 0.784. The van der Waals surface area contributed by atoms with Gasteiger partial charge in [0.05, 0.1) is 17.0 Å². The van der Waals surface area contributed by atoms with Crippen LogP contribution in [0.5, 0.6) is 0 Å². The fourth-order valence-corrected chi connectivity index (χ4v) is 7.50. The third-order valence-corrected chi connectivity index (χ3v) is 9.89. The first-order valence-electron chi connectivity index (χ1n) is 15.3. The number of thioether (sulfide) groups is 1. The van der Waals surface area contributed by atoms with Crippen LogP contribution in [0.15, 0.2) is 89.5 Å². The van der Waals surface area contributed by atoms with Crippen molar-refractivity contribution in [2.24, 2.45) is 0 Å². The van der Waals surface area contributed by atoms with E-state index in [0.717, 1.165) is 26.2 Å². The van der Waals surface area contributed by atoms with Gasteiger partial charge in [0.25, 0.3) is 5.91 Å². The van der Waals surface area contributed by atoms with Gasteiger partial charge in [-0.1, -0.05) is 95.6 Å². The standard InChI is InChI=1S/C19H18ClN3O5S.C16H20N2.Na/c1-8-11(12(22-28-8)9-6-4-5-7-10(9)20)15(24)21-13-16(25)23-14(18(26)27)19(2,3)29-17(13)23;1-3-7-15(8-4-1)13-17-11-12-18-14-16-9-5-2-6-10-16;/h4-7,13-14,17H,1-3H3,(H,21,24)(H,26,27);1-10,17-18H,11-14H2;/q;;+1/p-1/t13-,14+,17-;;/m1../s1. The van der Waals surface area contributed by atoms with E-state index in [1.807, 2.05) is 12.1 Å². The molecule has 4 aromatic rings. The van der Waals surface area contributed by atoms with Gasteiger partial charge in [0.2, 0.25) is 5.91 Å². The van der Waals surface area contributed by atoms with Crippen molar-refractivity contribution in [1.29, 1.82) is 0 Å². The van der Waals surface area contributed by atoms with E-state index in [0.29, 0.717) is 10.6 Å². The molecule has 0 radical (unpaired) electrons. The van der Waals surface area contributed by atoms with Gasteiger partial charge in [-0.2, -0.15) is 0 Å². The zero-order valence-electron chi connectivity index (χ0n) is 27.4. The molecule has 3 atom stereocenters. The van der Waals surface area contributed by atoms with Crippen LogP contribution in [0.2, 0.25) is 5.02 Å². The van der Waals surface area contributed by atoms with Crippen molar-refractivity contribution < 1.29 is 53.6 Å². The van der Waals surface area contributed by atoms with Gasteiger partial charge in [0, 0.05) is 36.5 Å². The van der Waals surface area contributed by atoms with Crippen LogP contribution in [0.4, 0.5) is 0 Å². The maximum Gasteiger partial charge on any atom is 1.00 e. The number of fused-ring (bicyclic) bond motifs is 1. The molecule has 0 bridgehead atoms. The maximum atomic E-state index is 13.0. The van der Waals surface area contributed by atoms with E-state index in [9.17, 15) is 19.5 Å². The SMILES string of the molecule is Cc1onc(-c2ccccc2Cl)c1C(=O)N[C@@H]1C(=O)N2[C@@H]1SC(C)(C)[C@@H]2C(=O)[O-].[Na+].c1ccc(CNCCNCc2ccccc2)cc1. The molecule has 3 heterocycles. The number of hydrogen-bond acceptors (Lipinski definition) is 9. The van der Waals surface area contributed by atoms with Crippen LogP contribution in [0.1, 0.15) is 41.1 Å². The van der Waals surface area contributed by atoms with Crippen molar-refractivity contribution in [2.45, 2.75) is 56.1 Å². The summed E-state index contributed by atoms with van der Waals surface area (Å²) in [5.74, 6) is -2.01. The minimum atomic E-state index is -1.31. The Hall–Kier alpha value is -3.16. The number of carboxylic acids is 1. The van der Waals surface area contributed by atoms with E-state index in [4.69, 9.17) is 16.1 Å². The molecule has 3 aromatic carbocycles. The second-order valence-electron chi connectivity index (χ2n) is 11.8. The van der Waals surface area contributed by atoms with Crippen LogP contribution in [-0.4, -0.2) is 63.1 Å². The molecule has 6 rings (SSSR count). The summed E-state index contributed by atoms with van der Waals surface area (Å²) in [6.07, 6.45) is 0. The molecule has 10 nitrogen and oxygen atoms in total. The summed E-state index contributed by atoms with van der Waals surface area (Å²) >= 11 is 7.54. The van der Waals surface area contributed by atoms with Crippen LogP contribution >= 0.6 is 23.4 Å². The molecular formula is C35H37ClN5NaO5S. The molecule has 2 fully saturated rings. The summed E-state index contributed by atoms with van der Waals surface area (Å²) in [6, 6.07) is 26.0. The Bertz CT molecular complexity index is 1660. The maximum absolute atomic E-state index is 13.0. The van der Waals surface area contributed by atoms with Crippen LogP contribution in [0.3, 0.4) is 0 Å². The third-order valence-electron chi connectivity index (χ3n) is 7.99. The summed E-state index contributed by atoms with van der Waals surface area (Å²) in [5, 5.41) is 24.9. The van der Waals surface area contributed by atoms with Crippen molar-refractivity contribution >= 4 is 41.1 Å². The number of nitrogens with zero attached hydrogens (tertiary/aromatic N) is 2. The monoisotopic (exact) mass is 697 g/mol. The first-order valence-corrected chi connectivity index (χ1v) is 16.6. The Labute approximate surface area is 311 Å². The number of hydrogen-bond donors (Lipinski definition) is 3. The smallest absolute Gasteiger partial charge is 0.548 e. The Morgan fingerprint density at radius 2 is 1.48 bits per heavy atom. The Kier molecular flexibility index (Phi) is 13.3. The van der Waals surface area contributed by atoms with Gasteiger partial charge in [0.15, 0.2) is 0 Å². The van der Waals surface area contributed by atoms with E-state index < -0.39 is 40.0 Å². The molecule has 48 heavy (non-hydrogen) atoms. The molecule has 246 valence electrons. The number of aromatic nitrogens is 1. The van der Waals surface area contributed by atoms with Gasteiger partial charge in [-0.25, -0.2) is 0 Å². The molecule has 0 aliphatic carbocycles. The zero-order chi connectivity index (χ0) is 33.6.